The number of thiophene rings is 1. The smallest absolute Gasteiger partial charge is 0.336 e. The summed E-state index contributed by atoms with van der Waals surface area (Å²) in [7, 11) is 0. The van der Waals surface area contributed by atoms with Crippen LogP contribution in [0.25, 0.3) is 21.5 Å². The normalized spacial score (nSPS) is 14.9. The van der Waals surface area contributed by atoms with E-state index in [1.165, 1.54) is 16.2 Å². The van der Waals surface area contributed by atoms with Gasteiger partial charge in [0.1, 0.15) is 0 Å². The van der Waals surface area contributed by atoms with Gasteiger partial charge in [0.2, 0.25) is 11.8 Å². The summed E-state index contributed by atoms with van der Waals surface area (Å²) in [6.07, 6.45) is 0. The van der Waals surface area contributed by atoms with E-state index in [1.807, 2.05) is 28.5 Å². The van der Waals surface area contributed by atoms with Crippen molar-refractivity contribution >= 4 is 40.0 Å². The zero-order valence-corrected chi connectivity index (χ0v) is 16.9. The maximum Gasteiger partial charge on any atom is 0.336 e. The fourth-order valence-corrected chi connectivity index (χ4v) is 4.48. The number of primary amides is 1. The topological polar surface area (TPSA) is 117 Å². The highest BCUT2D eigenvalue weighted by Gasteiger charge is 2.28. The SMILES string of the molecule is NC(=O)CN1CCN(Cc2c(-c3cccs3)nc3ccccc3c2C(=O)O)CC1=O. The summed E-state index contributed by atoms with van der Waals surface area (Å²) in [4.78, 5) is 44.8. The largest absolute Gasteiger partial charge is 0.478 e. The van der Waals surface area contributed by atoms with E-state index in [-0.39, 0.29) is 31.1 Å². The van der Waals surface area contributed by atoms with Gasteiger partial charge < -0.3 is 15.7 Å². The van der Waals surface area contributed by atoms with Crippen LogP contribution in [0, 0.1) is 0 Å². The van der Waals surface area contributed by atoms with Crippen molar-refractivity contribution in [2.75, 3.05) is 26.2 Å². The van der Waals surface area contributed by atoms with E-state index in [0.29, 0.717) is 35.2 Å². The van der Waals surface area contributed by atoms with E-state index < -0.39 is 11.9 Å². The van der Waals surface area contributed by atoms with Crippen molar-refractivity contribution in [1.29, 1.82) is 0 Å². The highest BCUT2D eigenvalue weighted by atomic mass is 32.1. The molecule has 0 radical (unpaired) electrons. The second kappa shape index (κ2) is 8.21. The molecule has 154 valence electrons. The van der Waals surface area contributed by atoms with Gasteiger partial charge in [0.15, 0.2) is 0 Å². The van der Waals surface area contributed by atoms with Crippen molar-refractivity contribution in [2.24, 2.45) is 5.73 Å². The van der Waals surface area contributed by atoms with E-state index >= 15 is 0 Å². The molecule has 30 heavy (non-hydrogen) atoms. The maximum absolute atomic E-state index is 12.4. The van der Waals surface area contributed by atoms with E-state index in [1.54, 1.807) is 18.2 Å². The third kappa shape index (κ3) is 3.89. The minimum atomic E-state index is -1.03. The molecule has 1 aliphatic rings. The molecule has 1 fully saturated rings. The van der Waals surface area contributed by atoms with Gasteiger partial charge in [-0.3, -0.25) is 14.5 Å². The molecular formula is C21H20N4O4S. The van der Waals surface area contributed by atoms with Crippen LogP contribution in [0.15, 0.2) is 41.8 Å². The summed E-state index contributed by atoms with van der Waals surface area (Å²) in [6.45, 7) is 1.12. The Kier molecular flexibility index (Phi) is 5.47. The van der Waals surface area contributed by atoms with Crippen LogP contribution >= 0.6 is 11.3 Å². The Labute approximate surface area is 176 Å². The van der Waals surface area contributed by atoms with Crippen molar-refractivity contribution in [3.63, 3.8) is 0 Å². The first-order valence-electron chi connectivity index (χ1n) is 9.41. The Morgan fingerprint density at radius 2 is 1.97 bits per heavy atom. The molecule has 9 heteroatoms. The molecule has 1 saturated heterocycles. The Morgan fingerprint density at radius 3 is 2.63 bits per heavy atom. The number of aromatic nitrogens is 1. The van der Waals surface area contributed by atoms with Crippen LogP contribution in [0.4, 0.5) is 0 Å². The minimum Gasteiger partial charge on any atom is -0.478 e. The van der Waals surface area contributed by atoms with Crippen molar-refractivity contribution in [3.05, 3.63) is 52.9 Å². The average Bonchev–Trinajstić information content (AvgIpc) is 3.23. The quantitative estimate of drug-likeness (QED) is 0.623. The first-order valence-corrected chi connectivity index (χ1v) is 10.3. The third-order valence-corrected chi connectivity index (χ3v) is 5.96. The standard InChI is InChI=1S/C21H20N4O4S/c22-17(26)11-25-8-7-24(12-18(25)27)10-14-19(21(28)29)13-4-1-2-5-15(13)23-20(14)16-6-3-9-30-16/h1-6,9H,7-8,10-12H2,(H2,22,26)(H,28,29). The molecule has 8 nitrogen and oxygen atoms in total. The Balaban J connectivity index is 1.75. The number of piperazine rings is 1. The van der Waals surface area contributed by atoms with Crippen molar-refractivity contribution in [1.82, 2.24) is 14.8 Å². The lowest BCUT2D eigenvalue weighted by molar-refractivity contribution is -0.139. The number of aromatic carboxylic acids is 1. The number of pyridine rings is 1. The van der Waals surface area contributed by atoms with Crippen LogP contribution in [-0.4, -0.2) is 63.9 Å². The van der Waals surface area contributed by atoms with Crippen LogP contribution < -0.4 is 5.73 Å². The Hall–Kier alpha value is -3.30. The number of carboxylic acid groups (broad SMARTS) is 1. The highest BCUT2D eigenvalue weighted by Crippen LogP contribution is 2.33. The van der Waals surface area contributed by atoms with Gasteiger partial charge in [-0.1, -0.05) is 24.3 Å². The van der Waals surface area contributed by atoms with Gasteiger partial charge >= 0.3 is 5.97 Å². The van der Waals surface area contributed by atoms with Crippen LogP contribution in [0.1, 0.15) is 15.9 Å². The molecule has 0 bridgehead atoms. The minimum absolute atomic E-state index is 0.0864. The molecule has 0 aliphatic carbocycles. The van der Waals surface area contributed by atoms with Crippen LogP contribution in [0.5, 0.6) is 0 Å². The van der Waals surface area contributed by atoms with Gasteiger partial charge in [-0.05, 0) is 17.5 Å². The summed E-state index contributed by atoms with van der Waals surface area (Å²) in [5.74, 6) is -1.79. The zero-order valence-electron chi connectivity index (χ0n) is 16.1. The second-order valence-electron chi connectivity index (χ2n) is 7.11. The molecule has 2 aromatic heterocycles. The molecule has 2 amide bonds. The summed E-state index contributed by atoms with van der Waals surface area (Å²) in [6, 6.07) is 11.0. The number of rotatable bonds is 6. The lowest BCUT2D eigenvalue weighted by Gasteiger charge is -2.34. The molecule has 0 atom stereocenters. The van der Waals surface area contributed by atoms with Crippen molar-refractivity contribution in [2.45, 2.75) is 6.54 Å². The number of carboxylic acids is 1. The molecule has 1 aromatic carbocycles. The number of para-hydroxylation sites is 1. The summed E-state index contributed by atoms with van der Waals surface area (Å²) >= 11 is 1.49. The fraction of sp³-hybridized carbons (Fsp3) is 0.238. The van der Waals surface area contributed by atoms with Crippen LogP contribution in [0.3, 0.4) is 0 Å². The summed E-state index contributed by atoms with van der Waals surface area (Å²) in [5, 5.41) is 12.5. The lowest BCUT2D eigenvalue weighted by atomic mass is 9.98. The van der Waals surface area contributed by atoms with E-state index in [0.717, 1.165) is 4.88 Å². The molecule has 3 heterocycles. The van der Waals surface area contributed by atoms with Crippen LogP contribution in [0.2, 0.25) is 0 Å². The van der Waals surface area contributed by atoms with Gasteiger partial charge in [-0.15, -0.1) is 11.3 Å². The maximum atomic E-state index is 12.4. The number of amides is 2. The predicted molar refractivity (Wildman–Crippen MR) is 113 cm³/mol. The van der Waals surface area contributed by atoms with Crippen LogP contribution in [-0.2, 0) is 16.1 Å². The average molecular weight is 424 g/mol. The molecule has 1 aliphatic heterocycles. The van der Waals surface area contributed by atoms with Crippen molar-refractivity contribution in [3.8, 4) is 10.6 Å². The molecule has 3 aromatic rings. The van der Waals surface area contributed by atoms with Gasteiger partial charge in [-0.25, -0.2) is 9.78 Å². The fourth-order valence-electron chi connectivity index (χ4n) is 3.74. The number of fused-ring (bicyclic) bond motifs is 1. The Bertz CT molecular complexity index is 1130. The molecule has 4 rings (SSSR count). The van der Waals surface area contributed by atoms with E-state index in [9.17, 15) is 19.5 Å². The molecule has 0 spiro atoms. The first-order chi connectivity index (χ1) is 14.4. The monoisotopic (exact) mass is 424 g/mol. The summed E-state index contributed by atoms with van der Waals surface area (Å²) < 4.78 is 0. The highest BCUT2D eigenvalue weighted by molar-refractivity contribution is 7.13. The van der Waals surface area contributed by atoms with Gasteiger partial charge in [0.25, 0.3) is 0 Å². The second-order valence-corrected chi connectivity index (χ2v) is 8.05. The number of hydrogen-bond acceptors (Lipinski definition) is 6. The number of carbonyl (C=O) groups is 3. The van der Waals surface area contributed by atoms with Gasteiger partial charge in [-0.2, -0.15) is 0 Å². The Morgan fingerprint density at radius 1 is 1.17 bits per heavy atom. The lowest BCUT2D eigenvalue weighted by Crippen LogP contribution is -2.52. The number of nitrogens with two attached hydrogens (primary N) is 1. The third-order valence-electron chi connectivity index (χ3n) is 5.09. The van der Waals surface area contributed by atoms with E-state index in [2.05, 4.69) is 0 Å². The number of hydrogen-bond donors (Lipinski definition) is 2. The molecule has 3 N–H and O–H groups in total. The first kappa shape index (κ1) is 20.0. The molecule has 0 saturated carbocycles. The molecule has 0 unspecified atom stereocenters. The summed E-state index contributed by atoms with van der Waals surface area (Å²) in [5.41, 5.74) is 7.23. The van der Waals surface area contributed by atoms with Gasteiger partial charge in [0.05, 0.1) is 34.7 Å². The van der Waals surface area contributed by atoms with Crippen molar-refractivity contribution < 1.29 is 19.5 Å². The zero-order chi connectivity index (χ0) is 21.3. The van der Waals surface area contributed by atoms with E-state index in [4.69, 9.17) is 10.7 Å². The molecular weight excluding hydrogens is 404 g/mol. The number of carbonyl (C=O) groups excluding carboxylic acids is 2. The number of nitrogens with zero attached hydrogens (tertiary/aromatic N) is 3. The van der Waals surface area contributed by atoms with Gasteiger partial charge in [0, 0.05) is 30.6 Å². The number of benzene rings is 1. The predicted octanol–water partition coefficient (Wildman–Crippen LogP) is 1.79.